The smallest absolute Gasteiger partial charge is 0.340 e. The summed E-state index contributed by atoms with van der Waals surface area (Å²) in [6, 6.07) is 7.46. The van der Waals surface area contributed by atoms with Crippen LogP contribution in [0.3, 0.4) is 0 Å². The molecule has 2 rings (SSSR count). The fourth-order valence-electron chi connectivity index (χ4n) is 1.43. The van der Waals surface area contributed by atoms with Gasteiger partial charge in [0.15, 0.2) is 0 Å². The van der Waals surface area contributed by atoms with Crippen LogP contribution in [0.25, 0.3) is 0 Å². The van der Waals surface area contributed by atoms with Crippen LogP contribution in [-0.4, -0.2) is 34.7 Å². The van der Waals surface area contributed by atoms with Crippen LogP contribution >= 0.6 is 11.8 Å². The summed E-state index contributed by atoms with van der Waals surface area (Å²) in [6.45, 7) is 0.603. The maximum absolute atomic E-state index is 10.8. The summed E-state index contributed by atoms with van der Waals surface area (Å²) >= 11 is 1.64. The standard InChI is InChI=1S/C12H15N3O3S/c1-17-9-2-4-10(5-3-9)18-6-7-19-8-11-13-12(16)15-14-11/h2-5H,6-8H2,1H3,(H2,13,14,15,16). The van der Waals surface area contributed by atoms with Crippen LogP contribution in [0, 0.1) is 0 Å². The van der Waals surface area contributed by atoms with E-state index in [1.165, 1.54) is 0 Å². The minimum Gasteiger partial charge on any atom is -0.497 e. The van der Waals surface area contributed by atoms with E-state index in [2.05, 4.69) is 15.2 Å². The van der Waals surface area contributed by atoms with Crippen molar-refractivity contribution in [3.63, 3.8) is 0 Å². The van der Waals surface area contributed by atoms with E-state index in [1.54, 1.807) is 18.9 Å². The normalized spacial score (nSPS) is 10.4. The van der Waals surface area contributed by atoms with E-state index < -0.39 is 0 Å². The number of nitrogens with zero attached hydrogens (tertiary/aromatic N) is 1. The number of ether oxygens (including phenoxy) is 2. The lowest BCUT2D eigenvalue weighted by atomic mass is 10.3. The lowest BCUT2D eigenvalue weighted by Gasteiger charge is -2.06. The first-order valence-electron chi connectivity index (χ1n) is 5.76. The van der Waals surface area contributed by atoms with E-state index in [1.807, 2.05) is 24.3 Å². The molecule has 1 aromatic carbocycles. The van der Waals surface area contributed by atoms with E-state index in [-0.39, 0.29) is 5.69 Å². The highest BCUT2D eigenvalue weighted by Gasteiger charge is 1.99. The lowest BCUT2D eigenvalue weighted by Crippen LogP contribution is -2.02. The van der Waals surface area contributed by atoms with Gasteiger partial charge in [0.25, 0.3) is 0 Å². The summed E-state index contributed by atoms with van der Waals surface area (Å²) < 4.78 is 10.6. The third kappa shape index (κ3) is 4.36. The molecule has 0 aliphatic carbocycles. The molecular weight excluding hydrogens is 266 g/mol. The van der Waals surface area contributed by atoms with Crippen molar-refractivity contribution >= 4 is 11.8 Å². The molecule has 0 saturated carbocycles. The fraction of sp³-hybridized carbons (Fsp3) is 0.333. The van der Waals surface area contributed by atoms with Gasteiger partial charge in [0.05, 0.1) is 19.5 Å². The van der Waals surface area contributed by atoms with Crippen molar-refractivity contribution in [2.45, 2.75) is 5.75 Å². The van der Waals surface area contributed by atoms with Crippen molar-refractivity contribution in [2.24, 2.45) is 0 Å². The average molecular weight is 281 g/mol. The molecule has 2 N–H and O–H groups in total. The Hall–Kier alpha value is -1.89. The van der Waals surface area contributed by atoms with Gasteiger partial charge in [0.1, 0.15) is 17.3 Å². The van der Waals surface area contributed by atoms with Gasteiger partial charge in [0, 0.05) is 5.75 Å². The highest BCUT2D eigenvalue weighted by molar-refractivity contribution is 7.98. The minimum absolute atomic E-state index is 0.273. The van der Waals surface area contributed by atoms with Gasteiger partial charge in [-0.2, -0.15) is 16.9 Å². The van der Waals surface area contributed by atoms with E-state index in [0.717, 1.165) is 17.3 Å². The van der Waals surface area contributed by atoms with Gasteiger partial charge in [-0.1, -0.05) is 0 Å². The van der Waals surface area contributed by atoms with Gasteiger partial charge < -0.3 is 9.47 Å². The van der Waals surface area contributed by atoms with E-state index in [0.29, 0.717) is 18.2 Å². The molecule has 2 aromatic rings. The lowest BCUT2D eigenvalue weighted by molar-refractivity contribution is 0.342. The Balaban J connectivity index is 1.64. The maximum Gasteiger partial charge on any atom is 0.340 e. The van der Waals surface area contributed by atoms with Crippen molar-refractivity contribution in [1.82, 2.24) is 15.2 Å². The SMILES string of the molecule is COc1ccc(OCCSCc2n[nH]c(=O)[nH]2)cc1. The third-order valence-corrected chi connectivity index (χ3v) is 3.28. The number of benzene rings is 1. The molecule has 0 bridgehead atoms. The zero-order valence-electron chi connectivity index (χ0n) is 10.5. The topological polar surface area (TPSA) is 80.0 Å². The monoisotopic (exact) mass is 281 g/mol. The maximum atomic E-state index is 10.8. The van der Waals surface area contributed by atoms with Crippen LogP contribution in [-0.2, 0) is 5.75 Å². The largest absolute Gasteiger partial charge is 0.497 e. The zero-order chi connectivity index (χ0) is 13.5. The summed E-state index contributed by atoms with van der Waals surface area (Å²) in [6.07, 6.45) is 0. The molecule has 0 unspecified atom stereocenters. The van der Waals surface area contributed by atoms with Crippen LogP contribution in [0.5, 0.6) is 11.5 Å². The summed E-state index contributed by atoms with van der Waals surface area (Å²) in [5.74, 6) is 3.75. The zero-order valence-corrected chi connectivity index (χ0v) is 11.3. The number of thioether (sulfide) groups is 1. The van der Waals surface area contributed by atoms with Gasteiger partial charge >= 0.3 is 5.69 Å². The van der Waals surface area contributed by atoms with Gasteiger partial charge in [0.2, 0.25) is 0 Å². The van der Waals surface area contributed by atoms with Crippen molar-refractivity contribution in [1.29, 1.82) is 0 Å². The Labute approximate surface area is 114 Å². The molecule has 7 heteroatoms. The molecule has 0 aliphatic rings. The summed E-state index contributed by atoms with van der Waals surface area (Å²) in [4.78, 5) is 13.4. The molecule has 1 heterocycles. The molecule has 102 valence electrons. The molecule has 1 aromatic heterocycles. The van der Waals surface area contributed by atoms with Gasteiger partial charge in [-0.25, -0.2) is 9.89 Å². The summed E-state index contributed by atoms with van der Waals surface area (Å²) in [7, 11) is 1.63. The predicted octanol–water partition coefficient (Wildman–Crippen LogP) is 1.42. The molecule has 0 fully saturated rings. The van der Waals surface area contributed by atoms with Crippen LogP contribution in [0.15, 0.2) is 29.1 Å². The predicted molar refractivity (Wildman–Crippen MR) is 73.9 cm³/mol. The number of hydrogen-bond donors (Lipinski definition) is 2. The number of methoxy groups -OCH3 is 1. The minimum atomic E-state index is -0.273. The molecule has 0 saturated heterocycles. The first-order chi connectivity index (χ1) is 9.28. The fourth-order valence-corrected chi connectivity index (χ4v) is 2.11. The molecule has 0 radical (unpaired) electrons. The van der Waals surface area contributed by atoms with Crippen LogP contribution in [0.1, 0.15) is 5.82 Å². The Bertz CT molecular complexity index is 550. The second kappa shape index (κ2) is 6.89. The molecule has 19 heavy (non-hydrogen) atoms. The van der Waals surface area contributed by atoms with Crippen LogP contribution in [0.2, 0.25) is 0 Å². The molecular formula is C12H15N3O3S. The first kappa shape index (κ1) is 13.5. The van der Waals surface area contributed by atoms with Crippen LogP contribution < -0.4 is 15.2 Å². The molecule has 0 aliphatic heterocycles. The van der Waals surface area contributed by atoms with E-state index in [4.69, 9.17) is 9.47 Å². The van der Waals surface area contributed by atoms with Crippen LogP contribution in [0.4, 0.5) is 0 Å². The van der Waals surface area contributed by atoms with E-state index in [9.17, 15) is 4.79 Å². The Morgan fingerprint density at radius 3 is 2.63 bits per heavy atom. The van der Waals surface area contributed by atoms with Crippen molar-refractivity contribution in [3.05, 3.63) is 40.6 Å². The van der Waals surface area contributed by atoms with Gasteiger partial charge in [-0.3, -0.25) is 4.98 Å². The number of H-pyrrole nitrogens is 2. The second-order valence-corrected chi connectivity index (χ2v) is 4.81. The molecule has 6 nitrogen and oxygen atoms in total. The molecule has 0 spiro atoms. The van der Waals surface area contributed by atoms with Crippen molar-refractivity contribution in [2.75, 3.05) is 19.5 Å². The third-order valence-electron chi connectivity index (χ3n) is 2.34. The summed E-state index contributed by atoms with van der Waals surface area (Å²) in [5.41, 5.74) is -0.273. The van der Waals surface area contributed by atoms with Gasteiger partial charge in [-0.15, -0.1) is 0 Å². The second-order valence-electron chi connectivity index (χ2n) is 3.70. The number of aromatic amines is 2. The Kier molecular flexibility index (Phi) is 4.91. The number of rotatable bonds is 7. The Morgan fingerprint density at radius 2 is 2.00 bits per heavy atom. The molecule has 0 atom stereocenters. The van der Waals surface area contributed by atoms with E-state index >= 15 is 0 Å². The van der Waals surface area contributed by atoms with Crippen molar-refractivity contribution < 1.29 is 9.47 Å². The molecule has 0 amide bonds. The Morgan fingerprint density at radius 1 is 1.26 bits per heavy atom. The number of aromatic nitrogens is 3. The first-order valence-corrected chi connectivity index (χ1v) is 6.91. The highest BCUT2D eigenvalue weighted by atomic mass is 32.2. The number of hydrogen-bond acceptors (Lipinski definition) is 5. The summed E-state index contributed by atoms with van der Waals surface area (Å²) in [5, 5.41) is 6.15. The van der Waals surface area contributed by atoms with Gasteiger partial charge in [-0.05, 0) is 24.3 Å². The highest BCUT2D eigenvalue weighted by Crippen LogP contribution is 2.17. The number of nitrogens with one attached hydrogen (secondary N) is 2. The average Bonchev–Trinajstić information content (AvgIpc) is 2.85. The van der Waals surface area contributed by atoms with Crippen molar-refractivity contribution in [3.8, 4) is 11.5 Å². The quantitative estimate of drug-likeness (QED) is 0.750.